The van der Waals surface area contributed by atoms with Gasteiger partial charge in [-0.1, -0.05) is 0 Å². The predicted octanol–water partition coefficient (Wildman–Crippen LogP) is 4.33. The lowest BCUT2D eigenvalue weighted by molar-refractivity contribution is 0.309. The van der Waals surface area contributed by atoms with Crippen molar-refractivity contribution in [2.75, 3.05) is 0 Å². The number of benzene rings is 2. The molecule has 1 N–H and O–H groups in total. The van der Waals surface area contributed by atoms with Crippen LogP contribution in [-0.2, 0) is 6.61 Å². The molecule has 0 aliphatic carbocycles. The van der Waals surface area contributed by atoms with Crippen molar-refractivity contribution in [3.05, 3.63) is 59.2 Å². The van der Waals surface area contributed by atoms with Crippen molar-refractivity contribution in [2.24, 2.45) is 0 Å². The van der Waals surface area contributed by atoms with Gasteiger partial charge in [0.1, 0.15) is 23.9 Å². The van der Waals surface area contributed by atoms with E-state index in [1.54, 1.807) is 41.7 Å². The molecule has 0 fully saturated rings. The number of fused-ring (bicyclic) bond motifs is 1. The molecule has 0 radical (unpaired) electrons. The molecular formula is C15H11FO2S. The molecule has 1 aromatic heterocycles. The second-order valence-electron chi connectivity index (χ2n) is 4.18. The van der Waals surface area contributed by atoms with Crippen LogP contribution in [0.5, 0.6) is 11.5 Å². The van der Waals surface area contributed by atoms with Crippen LogP contribution >= 0.6 is 11.3 Å². The van der Waals surface area contributed by atoms with Gasteiger partial charge >= 0.3 is 0 Å². The smallest absolute Gasteiger partial charge is 0.123 e. The highest BCUT2D eigenvalue weighted by atomic mass is 32.1. The number of aromatic hydroxyl groups is 1. The summed E-state index contributed by atoms with van der Waals surface area (Å²) in [5.41, 5.74) is 0. The Kier molecular flexibility index (Phi) is 3.09. The van der Waals surface area contributed by atoms with Crippen molar-refractivity contribution in [3.63, 3.8) is 0 Å². The molecule has 0 saturated heterocycles. The normalized spacial score (nSPS) is 10.8. The first-order chi connectivity index (χ1) is 9.20. The molecule has 0 saturated carbocycles. The molecule has 0 spiro atoms. The number of phenols is 1. The summed E-state index contributed by atoms with van der Waals surface area (Å²) < 4.78 is 19.7. The Balaban J connectivity index is 1.76. The van der Waals surface area contributed by atoms with Crippen LogP contribution in [0.25, 0.3) is 10.1 Å². The topological polar surface area (TPSA) is 29.5 Å². The molecule has 2 nitrogen and oxygen atoms in total. The number of hydrogen-bond donors (Lipinski definition) is 1. The summed E-state index contributed by atoms with van der Waals surface area (Å²) in [6.45, 7) is 0.436. The molecular weight excluding hydrogens is 263 g/mol. The number of thiophene rings is 1. The van der Waals surface area contributed by atoms with Gasteiger partial charge in [-0.2, -0.15) is 0 Å². The van der Waals surface area contributed by atoms with E-state index >= 15 is 0 Å². The van der Waals surface area contributed by atoms with Crippen molar-refractivity contribution in [2.45, 2.75) is 6.61 Å². The summed E-state index contributed by atoms with van der Waals surface area (Å²) in [6.07, 6.45) is 0. The molecule has 4 heteroatoms. The predicted molar refractivity (Wildman–Crippen MR) is 74.2 cm³/mol. The van der Waals surface area contributed by atoms with E-state index in [1.807, 2.05) is 6.07 Å². The standard InChI is InChI=1S/C15H11FO2S/c16-11-1-6-15-10(7-11)8-14(19-15)9-18-13-4-2-12(17)3-5-13/h1-8,17H,9H2. The number of ether oxygens (including phenoxy) is 1. The Hall–Kier alpha value is -2.07. The van der Waals surface area contributed by atoms with Gasteiger partial charge in [0.2, 0.25) is 0 Å². The van der Waals surface area contributed by atoms with Crippen molar-refractivity contribution < 1.29 is 14.2 Å². The maximum Gasteiger partial charge on any atom is 0.123 e. The van der Waals surface area contributed by atoms with Gasteiger partial charge in [0.15, 0.2) is 0 Å². The Labute approximate surface area is 113 Å². The van der Waals surface area contributed by atoms with Gasteiger partial charge in [-0.15, -0.1) is 11.3 Å². The lowest BCUT2D eigenvalue weighted by Crippen LogP contribution is -1.91. The fourth-order valence-electron chi connectivity index (χ4n) is 1.84. The van der Waals surface area contributed by atoms with Crippen LogP contribution in [0.2, 0.25) is 0 Å². The zero-order valence-electron chi connectivity index (χ0n) is 9.97. The molecule has 3 aromatic rings. The minimum Gasteiger partial charge on any atom is -0.508 e. The average Bonchev–Trinajstić information content (AvgIpc) is 2.80. The first kappa shape index (κ1) is 12.0. The van der Waals surface area contributed by atoms with Crippen LogP contribution < -0.4 is 4.74 Å². The lowest BCUT2D eigenvalue weighted by Gasteiger charge is -2.03. The van der Waals surface area contributed by atoms with Crippen molar-refractivity contribution in [3.8, 4) is 11.5 Å². The fourth-order valence-corrected chi connectivity index (χ4v) is 2.80. The highest BCUT2D eigenvalue weighted by Gasteiger charge is 2.04. The summed E-state index contributed by atoms with van der Waals surface area (Å²) in [5, 5.41) is 10.1. The number of halogens is 1. The summed E-state index contributed by atoms with van der Waals surface area (Å²) in [5.74, 6) is 0.683. The second-order valence-corrected chi connectivity index (χ2v) is 5.35. The number of phenolic OH excluding ortho intramolecular Hbond substituents is 1. The minimum absolute atomic E-state index is 0.213. The molecule has 2 aromatic carbocycles. The van der Waals surface area contributed by atoms with E-state index in [2.05, 4.69) is 0 Å². The SMILES string of the molecule is Oc1ccc(OCc2cc3cc(F)ccc3s2)cc1. The van der Waals surface area contributed by atoms with E-state index in [0.717, 1.165) is 15.0 Å². The minimum atomic E-state index is -0.226. The summed E-state index contributed by atoms with van der Waals surface area (Å²) in [6, 6.07) is 13.3. The molecule has 3 rings (SSSR count). The van der Waals surface area contributed by atoms with Gasteiger partial charge in [0.25, 0.3) is 0 Å². The largest absolute Gasteiger partial charge is 0.508 e. The molecule has 1 heterocycles. The van der Waals surface area contributed by atoms with E-state index in [0.29, 0.717) is 12.4 Å². The van der Waals surface area contributed by atoms with E-state index in [1.165, 1.54) is 12.1 Å². The molecule has 0 amide bonds. The van der Waals surface area contributed by atoms with Gasteiger partial charge in [-0.05, 0) is 53.9 Å². The summed E-state index contributed by atoms with van der Waals surface area (Å²) >= 11 is 1.59. The van der Waals surface area contributed by atoms with E-state index < -0.39 is 0 Å². The molecule has 96 valence electrons. The maximum atomic E-state index is 13.1. The summed E-state index contributed by atoms with van der Waals surface area (Å²) in [4.78, 5) is 1.04. The van der Waals surface area contributed by atoms with Gasteiger partial charge in [-0.3, -0.25) is 0 Å². The van der Waals surface area contributed by atoms with E-state index in [9.17, 15) is 9.50 Å². The number of rotatable bonds is 3. The van der Waals surface area contributed by atoms with Gasteiger partial charge in [0, 0.05) is 9.58 Å². The second kappa shape index (κ2) is 4.90. The van der Waals surface area contributed by atoms with Crippen LogP contribution in [0.1, 0.15) is 4.88 Å². The van der Waals surface area contributed by atoms with Crippen LogP contribution in [0.4, 0.5) is 4.39 Å². The zero-order chi connectivity index (χ0) is 13.2. The first-order valence-electron chi connectivity index (χ1n) is 5.80. The molecule has 0 bridgehead atoms. The van der Waals surface area contributed by atoms with Crippen LogP contribution in [-0.4, -0.2) is 5.11 Å². The lowest BCUT2D eigenvalue weighted by atomic mass is 10.2. The van der Waals surface area contributed by atoms with Crippen molar-refractivity contribution in [1.82, 2.24) is 0 Å². The first-order valence-corrected chi connectivity index (χ1v) is 6.62. The molecule has 19 heavy (non-hydrogen) atoms. The van der Waals surface area contributed by atoms with Gasteiger partial charge < -0.3 is 9.84 Å². The molecule has 0 atom stereocenters. The summed E-state index contributed by atoms with van der Waals surface area (Å²) in [7, 11) is 0. The van der Waals surface area contributed by atoms with E-state index in [4.69, 9.17) is 4.74 Å². The molecule has 0 aliphatic heterocycles. The maximum absolute atomic E-state index is 13.1. The zero-order valence-corrected chi connectivity index (χ0v) is 10.8. The molecule has 0 unspecified atom stereocenters. The Bertz CT molecular complexity index is 704. The monoisotopic (exact) mass is 274 g/mol. The fraction of sp³-hybridized carbons (Fsp3) is 0.0667. The quantitative estimate of drug-likeness (QED) is 0.770. The van der Waals surface area contributed by atoms with Crippen LogP contribution in [0.3, 0.4) is 0 Å². The highest BCUT2D eigenvalue weighted by molar-refractivity contribution is 7.19. The van der Waals surface area contributed by atoms with Crippen molar-refractivity contribution >= 4 is 21.4 Å². The molecule has 0 aliphatic rings. The third-order valence-corrected chi connectivity index (χ3v) is 3.84. The third kappa shape index (κ3) is 2.69. The highest BCUT2D eigenvalue weighted by Crippen LogP contribution is 2.27. The third-order valence-electron chi connectivity index (χ3n) is 2.75. The van der Waals surface area contributed by atoms with Gasteiger partial charge in [-0.25, -0.2) is 4.39 Å². The van der Waals surface area contributed by atoms with Crippen LogP contribution in [0.15, 0.2) is 48.5 Å². The average molecular weight is 274 g/mol. The Morgan fingerprint density at radius 1 is 1.05 bits per heavy atom. The Morgan fingerprint density at radius 3 is 2.63 bits per heavy atom. The number of hydrogen-bond acceptors (Lipinski definition) is 3. The van der Waals surface area contributed by atoms with Crippen LogP contribution in [0, 0.1) is 5.82 Å². The Morgan fingerprint density at radius 2 is 1.84 bits per heavy atom. The van der Waals surface area contributed by atoms with E-state index in [-0.39, 0.29) is 11.6 Å². The van der Waals surface area contributed by atoms with Crippen molar-refractivity contribution in [1.29, 1.82) is 0 Å². The van der Waals surface area contributed by atoms with Gasteiger partial charge in [0.05, 0.1) is 0 Å².